The van der Waals surface area contributed by atoms with Crippen molar-refractivity contribution in [3.63, 3.8) is 0 Å². The molecule has 5 heteroatoms. The van der Waals surface area contributed by atoms with Gasteiger partial charge in [-0.15, -0.1) is 0 Å². The van der Waals surface area contributed by atoms with Gasteiger partial charge in [-0.25, -0.2) is 0 Å². The summed E-state index contributed by atoms with van der Waals surface area (Å²) in [6.07, 6.45) is 1.55. The number of rotatable bonds is 6. The van der Waals surface area contributed by atoms with Crippen LogP contribution in [-0.2, 0) is 11.4 Å². The number of carbonyl (C=O) groups is 1. The van der Waals surface area contributed by atoms with Crippen LogP contribution in [0.25, 0.3) is 6.08 Å². The van der Waals surface area contributed by atoms with E-state index in [1.165, 1.54) is 0 Å². The van der Waals surface area contributed by atoms with Gasteiger partial charge in [0.25, 0.3) is 5.91 Å². The van der Waals surface area contributed by atoms with Crippen LogP contribution in [0.2, 0.25) is 5.02 Å². The zero-order valence-corrected chi connectivity index (χ0v) is 17.5. The third-order valence-corrected chi connectivity index (χ3v) is 4.89. The van der Waals surface area contributed by atoms with Gasteiger partial charge in [0.2, 0.25) is 0 Å². The minimum atomic E-state index is -0.441. The van der Waals surface area contributed by atoms with E-state index in [1.54, 1.807) is 30.3 Å². The van der Waals surface area contributed by atoms with E-state index in [9.17, 15) is 10.1 Å². The maximum atomic E-state index is 12.5. The number of nitrogens with zero attached hydrogens (tertiary/aromatic N) is 1. The normalized spacial score (nSPS) is 10.9. The van der Waals surface area contributed by atoms with Crippen LogP contribution in [0.3, 0.4) is 0 Å². The van der Waals surface area contributed by atoms with Crippen molar-refractivity contribution in [2.75, 3.05) is 5.32 Å². The highest BCUT2D eigenvalue weighted by Crippen LogP contribution is 2.19. The molecule has 0 spiro atoms. The van der Waals surface area contributed by atoms with Gasteiger partial charge in [0.15, 0.2) is 0 Å². The number of carbonyl (C=O) groups excluding carboxylic acids is 1. The number of nitriles is 1. The minimum absolute atomic E-state index is 0.0306. The van der Waals surface area contributed by atoms with Gasteiger partial charge in [0.1, 0.15) is 24.0 Å². The van der Waals surface area contributed by atoms with Crippen LogP contribution in [0, 0.1) is 25.2 Å². The van der Waals surface area contributed by atoms with Gasteiger partial charge in [-0.05, 0) is 78.6 Å². The van der Waals surface area contributed by atoms with Crippen molar-refractivity contribution in [1.82, 2.24) is 0 Å². The molecular weight excluding hydrogens is 396 g/mol. The largest absolute Gasteiger partial charge is 0.489 e. The molecule has 4 nitrogen and oxygen atoms in total. The Kier molecular flexibility index (Phi) is 6.90. The summed E-state index contributed by atoms with van der Waals surface area (Å²) in [5, 5.41) is 12.9. The van der Waals surface area contributed by atoms with E-state index >= 15 is 0 Å². The number of benzene rings is 3. The summed E-state index contributed by atoms with van der Waals surface area (Å²) in [5.74, 6) is 0.254. The maximum absolute atomic E-state index is 12.5. The number of ether oxygens (including phenoxy) is 1. The monoisotopic (exact) mass is 416 g/mol. The van der Waals surface area contributed by atoms with Crippen molar-refractivity contribution in [1.29, 1.82) is 5.26 Å². The number of anilines is 1. The number of nitrogens with one attached hydrogen (secondary N) is 1. The zero-order chi connectivity index (χ0) is 21.5. The van der Waals surface area contributed by atoms with E-state index in [0.29, 0.717) is 23.1 Å². The van der Waals surface area contributed by atoms with Crippen LogP contribution in [0.1, 0.15) is 22.3 Å². The Bertz CT molecular complexity index is 1110. The molecule has 1 N–H and O–H groups in total. The first-order valence-corrected chi connectivity index (χ1v) is 9.80. The molecule has 0 radical (unpaired) electrons. The van der Waals surface area contributed by atoms with Gasteiger partial charge in [0.05, 0.1) is 0 Å². The molecule has 3 aromatic carbocycles. The second-order valence-electron chi connectivity index (χ2n) is 6.91. The van der Waals surface area contributed by atoms with Crippen molar-refractivity contribution in [3.05, 3.63) is 99.6 Å². The average molecular weight is 417 g/mol. The second kappa shape index (κ2) is 9.78. The lowest BCUT2D eigenvalue weighted by molar-refractivity contribution is -0.112. The minimum Gasteiger partial charge on any atom is -0.489 e. The summed E-state index contributed by atoms with van der Waals surface area (Å²) in [5.41, 5.74) is 4.66. The van der Waals surface area contributed by atoms with E-state index in [0.717, 1.165) is 22.3 Å². The molecule has 0 saturated carbocycles. The number of halogens is 1. The summed E-state index contributed by atoms with van der Waals surface area (Å²) >= 11 is 5.88. The number of hydrogen-bond donors (Lipinski definition) is 1. The Balaban J connectivity index is 1.64. The molecule has 0 heterocycles. The Morgan fingerprint density at radius 2 is 1.73 bits per heavy atom. The molecule has 1 amide bonds. The molecule has 3 aromatic rings. The fourth-order valence-corrected chi connectivity index (χ4v) is 2.87. The highest BCUT2D eigenvalue weighted by atomic mass is 35.5. The molecule has 0 saturated heterocycles. The van der Waals surface area contributed by atoms with Gasteiger partial charge in [-0.3, -0.25) is 4.79 Å². The molecule has 0 fully saturated rings. The molecule has 0 unspecified atom stereocenters. The van der Waals surface area contributed by atoms with Crippen LogP contribution in [-0.4, -0.2) is 5.91 Å². The standard InChI is InChI=1S/C25H21ClN2O2/c1-17-3-10-23(13-18(17)2)28-25(29)21(15-27)14-19-6-11-24(12-7-19)30-16-20-4-8-22(26)9-5-20/h3-14H,16H2,1-2H3,(H,28,29)/b21-14+. The molecule has 150 valence electrons. The first kappa shape index (κ1) is 21.2. The second-order valence-corrected chi connectivity index (χ2v) is 7.34. The van der Waals surface area contributed by atoms with E-state index < -0.39 is 5.91 Å². The summed E-state index contributed by atoms with van der Waals surface area (Å²) in [6.45, 7) is 4.40. The van der Waals surface area contributed by atoms with E-state index in [4.69, 9.17) is 16.3 Å². The topological polar surface area (TPSA) is 62.1 Å². The van der Waals surface area contributed by atoms with Crippen LogP contribution in [0.5, 0.6) is 5.75 Å². The fraction of sp³-hybridized carbons (Fsp3) is 0.120. The Morgan fingerprint density at radius 1 is 1.03 bits per heavy atom. The lowest BCUT2D eigenvalue weighted by Crippen LogP contribution is -2.13. The molecule has 0 aliphatic heterocycles. The third-order valence-electron chi connectivity index (χ3n) is 4.64. The van der Waals surface area contributed by atoms with Gasteiger partial charge >= 0.3 is 0 Å². The smallest absolute Gasteiger partial charge is 0.266 e. The van der Waals surface area contributed by atoms with Gasteiger partial charge in [-0.2, -0.15) is 5.26 Å². The molecule has 0 bridgehead atoms. The molecule has 0 aromatic heterocycles. The molecule has 3 rings (SSSR count). The number of hydrogen-bond acceptors (Lipinski definition) is 3. The molecule has 0 aliphatic carbocycles. The summed E-state index contributed by atoms with van der Waals surface area (Å²) < 4.78 is 5.76. The predicted molar refractivity (Wildman–Crippen MR) is 120 cm³/mol. The number of aryl methyl sites for hydroxylation is 2. The van der Waals surface area contributed by atoms with Gasteiger partial charge < -0.3 is 10.1 Å². The van der Waals surface area contributed by atoms with Crippen LogP contribution in [0.4, 0.5) is 5.69 Å². The predicted octanol–water partition coefficient (Wildman–Crippen LogP) is 6.08. The lowest BCUT2D eigenvalue weighted by atomic mass is 10.1. The van der Waals surface area contributed by atoms with Crippen LogP contribution >= 0.6 is 11.6 Å². The molecule has 30 heavy (non-hydrogen) atoms. The van der Waals surface area contributed by atoms with Gasteiger partial charge in [0, 0.05) is 10.7 Å². The SMILES string of the molecule is Cc1ccc(NC(=O)/C(C#N)=C/c2ccc(OCc3ccc(Cl)cc3)cc2)cc1C. The first-order chi connectivity index (χ1) is 14.4. The Labute approximate surface area is 181 Å². The molecular formula is C25H21ClN2O2. The first-order valence-electron chi connectivity index (χ1n) is 9.42. The zero-order valence-electron chi connectivity index (χ0n) is 16.8. The maximum Gasteiger partial charge on any atom is 0.266 e. The Morgan fingerprint density at radius 3 is 2.37 bits per heavy atom. The van der Waals surface area contributed by atoms with Crippen molar-refractivity contribution in [3.8, 4) is 11.8 Å². The summed E-state index contributed by atoms with van der Waals surface area (Å²) in [7, 11) is 0. The van der Waals surface area contributed by atoms with E-state index in [-0.39, 0.29) is 5.57 Å². The average Bonchev–Trinajstić information content (AvgIpc) is 2.75. The lowest BCUT2D eigenvalue weighted by Gasteiger charge is -2.08. The van der Waals surface area contributed by atoms with Crippen LogP contribution in [0.15, 0.2) is 72.3 Å². The quantitative estimate of drug-likeness (QED) is 0.391. The van der Waals surface area contributed by atoms with Gasteiger partial charge in [-0.1, -0.05) is 41.9 Å². The fourth-order valence-electron chi connectivity index (χ4n) is 2.74. The summed E-state index contributed by atoms with van der Waals surface area (Å²) in [6, 6.07) is 22.3. The highest BCUT2D eigenvalue weighted by molar-refractivity contribution is 6.30. The van der Waals surface area contributed by atoms with E-state index in [1.807, 2.05) is 62.4 Å². The van der Waals surface area contributed by atoms with Crippen molar-refractivity contribution in [2.45, 2.75) is 20.5 Å². The summed E-state index contributed by atoms with van der Waals surface area (Å²) in [4.78, 5) is 12.5. The highest BCUT2D eigenvalue weighted by Gasteiger charge is 2.10. The third kappa shape index (κ3) is 5.73. The molecule has 0 aliphatic rings. The number of amides is 1. The van der Waals surface area contributed by atoms with Crippen LogP contribution < -0.4 is 10.1 Å². The van der Waals surface area contributed by atoms with E-state index in [2.05, 4.69) is 5.32 Å². The van der Waals surface area contributed by atoms with Crippen molar-refractivity contribution in [2.24, 2.45) is 0 Å². The molecule has 0 atom stereocenters. The van der Waals surface area contributed by atoms with Crippen molar-refractivity contribution < 1.29 is 9.53 Å². The Hall–Kier alpha value is -3.55. The van der Waals surface area contributed by atoms with Crippen molar-refractivity contribution >= 4 is 29.3 Å².